The maximum absolute atomic E-state index is 16.9. The van der Waals surface area contributed by atoms with E-state index in [9.17, 15) is 24.9 Å². The summed E-state index contributed by atoms with van der Waals surface area (Å²) in [6.45, 7) is 4.48. The zero-order chi connectivity index (χ0) is 25.2. The van der Waals surface area contributed by atoms with Crippen LogP contribution in [-0.4, -0.2) is 130 Å². The second-order valence-electron chi connectivity index (χ2n) is 10.3. The molecule has 0 unspecified atom stereocenters. The number of Topliss-reactive ketones (excluding diaryl/α,β-unsaturated/α-hetero) is 1. The fraction of sp³-hybridized carbons (Fsp3) is 0.727. The van der Waals surface area contributed by atoms with Gasteiger partial charge >= 0.3 is 66.9 Å². The molecule has 0 aromatic rings. The zero-order valence-corrected chi connectivity index (χ0v) is 20.2. The van der Waals surface area contributed by atoms with Crippen LogP contribution in [0, 0.1) is 28.6 Å². The average Bonchev–Trinajstić information content (AvgIpc) is 2.89. The van der Waals surface area contributed by atoms with Crippen molar-refractivity contribution in [2.24, 2.45) is 28.6 Å². The molecule has 0 heterocycles. The van der Waals surface area contributed by atoms with Gasteiger partial charge in [-0.2, -0.15) is 0 Å². The van der Waals surface area contributed by atoms with E-state index in [-0.39, 0.29) is 82.7 Å². The number of aliphatic hydroxyl groups is 3. The third kappa shape index (κ3) is 5.49. The number of ketones is 2. The molecule has 4 aliphatic carbocycles. The number of hydrogen-bond donors (Lipinski definition) is 6. The molecule has 3 fully saturated rings. The summed E-state index contributed by atoms with van der Waals surface area (Å²) in [5.74, 6) is -2.12. The second kappa shape index (κ2) is 12.1. The predicted octanol–water partition coefficient (Wildman–Crippen LogP) is -1.15. The Bertz CT molecular complexity index is 964. The van der Waals surface area contributed by atoms with E-state index >= 15 is 4.39 Å². The first-order valence-electron chi connectivity index (χ1n) is 10.9. The summed E-state index contributed by atoms with van der Waals surface area (Å²) < 4.78 is 25.7. The van der Waals surface area contributed by atoms with Gasteiger partial charge in [0, 0.05) is 16.7 Å². The molecule has 0 spiro atoms. The first-order valence-corrected chi connectivity index (χ1v) is 12.5. The Morgan fingerprint density at radius 2 is 1.72 bits per heavy atom. The second-order valence-corrected chi connectivity index (χ2v) is 11.3. The van der Waals surface area contributed by atoms with Gasteiger partial charge in [-0.05, 0) is 56.6 Å². The molecule has 4 rings (SSSR count). The molecule has 10 nitrogen and oxygen atoms in total. The molecule has 0 saturated heterocycles. The van der Waals surface area contributed by atoms with Crippen molar-refractivity contribution in [1.29, 1.82) is 0 Å². The molecule has 0 radical (unpaired) electrons. The van der Waals surface area contributed by atoms with Crippen LogP contribution in [0.3, 0.4) is 0 Å². The summed E-state index contributed by atoms with van der Waals surface area (Å²) in [7, 11) is -4.64. The molecule has 0 aromatic carbocycles. The summed E-state index contributed by atoms with van der Waals surface area (Å²) >= 11 is 0. The van der Waals surface area contributed by atoms with E-state index in [1.54, 1.807) is 26.8 Å². The molecule has 8 N–H and O–H groups in total. The molecule has 0 aliphatic heterocycles. The molecule has 4 aliphatic rings. The van der Waals surface area contributed by atoms with Crippen LogP contribution in [0.1, 0.15) is 46.5 Å². The number of aliphatic hydroxyl groups excluding tert-OH is 2. The summed E-state index contributed by atoms with van der Waals surface area (Å²) in [5.41, 5.74) is -5.17. The van der Waals surface area contributed by atoms with Crippen molar-refractivity contribution in [3.05, 3.63) is 23.8 Å². The van der Waals surface area contributed by atoms with E-state index in [0.29, 0.717) is 24.8 Å². The number of hydrogen-bond acceptors (Lipinski definition) is 6. The van der Waals surface area contributed by atoms with Gasteiger partial charge in [0.15, 0.2) is 17.2 Å². The molecule has 198 valence electrons. The van der Waals surface area contributed by atoms with E-state index in [1.807, 2.05) is 0 Å². The molecule has 36 heavy (non-hydrogen) atoms. The monoisotopic (exact) mass is 556 g/mol. The minimum atomic E-state index is -4.64. The standard InChI is InChI=1S/C22H29FO5.2Na.H3O4P.H2O.2H/c1-12-8-16-15-5-4-13-9-14(25)6-7-19(13,2)21(15,23)17(26)10-20(16,3)22(12,28)18(27)11-24;;;1-5(2,3)4;;;/h6-7,9,12,15-17,24,26,28H,4-5,8,10-11H2,1-3H3;;;(H3,1,2,3,4);1H2;;/t12-,15+,16+,17+,19+,20+,21+,22+;;;;;;/m1....../s1. The van der Waals surface area contributed by atoms with Crippen LogP contribution in [0.25, 0.3) is 0 Å². The zero-order valence-electron chi connectivity index (χ0n) is 19.3. The minimum absolute atomic E-state index is 0. The van der Waals surface area contributed by atoms with E-state index in [4.69, 9.17) is 19.2 Å². The number of halogens is 1. The molecule has 8 atom stereocenters. The average molecular weight is 556 g/mol. The molecule has 3 saturated carbocycles. The van der Waals surface area contributed by atoms with Gasteiger partial charge in [-0.1, -0.05) is 25.5 Å². The third-order valence-electron chi connectivity index (χ3n) is 8.79. The van der Waals surface area contributed by atoms with E-state index < -0.39 is 60.3 Å². The summed E-state index contributed by atoms with van der Waals surface area (Å²) in [6.07, 6.45) is 4.44. The Balaban J connectivity index is 0.00000140. The maximum atomic E-state index is 16.9. The van der Waals surface area contributed by atoms with Crippen molar-refractivity contribution in [1.82, 2.24) is 0 Å². The first-order chi connectivity index (χ1) is 15.0. The number of carbonyl (C=O) groups excluding carboxylic acids is 2. The van der Waals surface area contributed by atoms with E-state index in [2.05, 4.69) is 0 Å². The Morgan fingerprint density at radius 3 is 2.22 bits per heavy atom. The number of allylic oxidation sites excluding steroid dienone is 4. The first kappa shape index (κ1) is 36.7. The van der Waals surface area contributed by atoms with Gasteiger partial charge < -0.3 is 35.5 Å². The van der Waals surface area contributed by atoms with Crippen molar-refractivity contribution in [2.75, 3.05) is 6.61 Å². The van der Waals surface area contributed by atoms with Crippen LogP contribution in [0.5, 0.6) is 0 Å². The molecular weight excluding hydrogens is 520 g/mol. The summed E-state index contributed by atoms with van der Waals surface area (Å²) in [6, 6.07) is 0. The summed E-state index contributed by atoms with van der Waals surface area (Å²) in [5, 5.41) is 32.0. The molecule has 14 heteroatoms. The van der Waals surface area contributed by atoms with Gasteiger partial charge in [0.25, 0.3) is 0 Å². The molecule has 0 bridgehead atoms. The third-order valence-corrected chi connectivity index (χ3v) is 8.79. The van der Waals surface area contributed by atoms with Gasteiger partial charge in [0.1, 0.15) is 12.2 Å². The molecular formula is C22H36FNa2O10P. The van der Waals surface area contributed by atoms with Crippen LogP contribution in [0.15, 0.2) is 23.8 Å². The van der Waals surface area contributed by atoms with Gasteiger partial charge in [-0.3, -0.25) is 9.59 Å². The van der Waals surface area contributed by atoms with Gasteiger partial charge in [0.05, 0.1) is 6.10 Å². The molecule has 0 aromatic heterocycles. The van der Waals surface area contributed by atoms with Crippen molar-refractivity contribution >= 4 is 78.5 Å². The van der Waals surface area contributed by atoms with Crippen LogP contribution in [0.4, 0.5) is 4.39 Å². The van der Waals surface area contributed by atoms with Crippen LogP contribution < -0.4 is 0 Å². The predicted molar refractivity (Wildman–Crippen MR) is 132 cm³/mol. The van der Waals surface area contributed by atoms with Crippen LogP contribution >= 0.6 is 7.82 Å². The van der Waals surface area contributed by atoms with Crippen molar-refractivity contribution in [2.45, 2.75) is 63.8 Å². The van der Waals surface area contributed by atoms with Crippen molar-refractivity contribution in [3.8, 4) is 0 Å². The topological polar surface area (TPSA) is 204 Å². The fourth-order valence-corrected chi connectivity index (χ4v) is 7.26. The fourth-order valence-electron chi connectivity index (χ4n) is 7.26. The number of alkyl halides is 1. The number of rotatable bonds is 2. The Kier molecular flexibility index (Phi) is 12.3. The van der Waals surface area contributed by atoms with Gasteiger partial charge in [-0.15, -0.1) is 0 Å². The van der Waals surface area contributed by atoms with Gasteiger partial charge in [0.2, 0.25) is 0 Å². The van der Waals surface area contributed by atoms with E-state index in [1.165, 1.54) is 12.2 Å². The number of phosphoric acid groups is 1. The number of carbonyl (C=O) groups is 2. The normalized spacial score (nSPS) is 42.5. The quantitative estimate of drug-likeness (QED) is 0.179. The van der Waals surface area contributed by atoms with Crippen molar-refractivity contribution in [3.63, 3.8) is 0 Å². The van der Waals surface area contributed by atoms with E-state index in [0.717, 1.165) is 0 Å². The SMILES string of the molecule is C[C@@H]1C[C@H]2[C@@H]3CCC4=CC(=O)C=C[C@]4(C)[C@@]3(F)[C@@H](O)C[C@]2(C)[C@@]1(O)C(=O)CO.O.O=P(O)(O)O.[NaH].[NaH]. The van der Waals surface area contributed by atoms with Gasteiger partial charge in [-0.25, -0.2) is 8.96 Å². The van der Waals surface area contributed by atoms with Crippen molar-refractivity contribution < 1.29 is 54.0 Å². The Labute approximate surface area is 253 Å². The number of fused-ring (bicyclic) bond motifs is 5. The Morgan fingerprint density at radius 1 is 1.19 bits per heavy atom. The van der Waals surface area contributed by atoms with Crippen LogP contribution in [-0.2, 0) is 14.2 Å². The molecule has 0 amide bonds. The summed E-state index contributed by atoms with van der Waals surface area (Å²) in [4.78, 5) is 45.9. The Hall–Kier alpha value is 0.700. The van der Waals surface area contributed by atoms with Crippen LogP contribution in [0.2, 0.25) is 0 Å².